The molecule has 4 nitrogen and oxygen atoms in total. The van der Waals surface area contributed by atoms with Crippen LogP contribution in [0.1, 0.15) is 0 Å². The number of halogens is 1. The van der Waals surface area contributed by atoms with Crippen LogP contribution in [0.2, 0.25) is 0 Å². The quantitative estimate of drug-likeness (QED) is 0.757. The van der Waals surface area contributed by atoms with Crippen molar-refractivity contribution in [1.29, 1.82) is 0 Å². The molecule has 2 aromatic heterocycles. The van der Waals surface area contributed by atoms with Gasteiger partial charge in [0.25, 0.3) is 0 Å². The van der Waals surface area contributed by atoms with Crippen LogP contribution >= 0.6 is 15.9 Å². The average molecular weight is 237 g/mol. The first-order valence-corrected chi connectivity index (χ1v) is 4.40. The van der Waals surface area contributed by atoms with E-state index in [2.05, 4.69) is 35.9 Å². The largest absolute Gasteiger partial charge is 0.265 e. The lowest BCUT2D eigenvalue weighted by Gasteiger charge is -1.97. The highest BCUT2D eigenvalue weighted by atomic mass is 79.9. The Balaban J connectivity index is 2.48. The molecule has 0 saturated heterocycles. The van der Waals surface area contributed by atoms with Crippen molar-refractivity contribution in [2.24, 2.45) is 0 Å². The lowest BCUT2D eigenvalue weighted by atomic mass is 10.2. The summed E-state index contributed by atoms with van der Waals surface area (Å²) in [4.78, 5) is 15.9. The minimum Gasteiger partial charge on any atom is -0.265 e. The van der Waals surface area contributed by atoms with E-state index in [9.17, 15) is 0 Å². The molecule has 0 aliphatic rings. The second kappa shape index (κ2) is 3.57. The number of nitrogens with zero attached hydrogens (tertiary/aromatic N) is 4. The first kappa shape index (κ1) is 8.25. The van der Waals surface area contributed by atoms with Gasteiger partial charge in [-0.05, 0) is 28.1 Å². The zero-order valence-corrected chi connectivity index (χ0v) is 8.14. The highest BCUT2D eigenvalue weighted by Gasteiger charge is 2.00. The predicted octanol–water partition coefficient (Wildman–Crippen LogP) is 1.70. The van der Waals surface area contributed by atoms with Gasteiger partial charge in [-0.2, -0.15) is 0 Å². The van der Waals surface area contributed by atoms with Gasteiger partial charge in [-0.3, -0.25) is 4.98 Å². The van der Waals surface area contributed by atoms with Gasteiger partial charge in [0.15, 0.2) is 10.6 Å². The molecule has 0 aromatic carbocycles. The maximum atomic E-state index is 4.11. The Morgan fingerprint density at radius 2 is 1.85 bits per heavy atom. The van der Waals surface area contributed by atoms with Crippen LogP contribution in [-0.2, 0) is 0 Å². The Hall–Kier alpha value is -1.36. The van der Waals surface area contributed by atoms with Gasteiger partial charge in [-0.25, -0.2) is 15.0 Å². The maximum absolute atomic E-state index is 4.11. The van der Waals surface area contributed by atoms with E-state index in [0.29, 0.717) is 10.6 Å². The third-order valence-corrected chi connectivity index (χ3v) is 1.86. The smallest absolute Gasteiger partial charge is 0.200 e. The van der Waals surface area contributed by atoms with Gasteiger partial charge in [-0.15, -0.1) is 0 Å². The van der Waals surface area contributed by atoms with Crippen LogP contribution in [0, 0.1) is 0 Å². The lowest BCUT2D eigenvalue weighted by Crippen LogP contribution is -1.91. The van der Waals surface area contributed by atoms with Crippen LogP contribution in [0.3, 0.4) is 0 Å². The molecule has 0 aliphatic carbocycles. The summed E-state index contributed by atoms with van der Waals surface area (Å²) >= 11 is 3.18. The SMILES string of the molecule is Brc1ncnc(-c2ccncc2)n1. The van der Waals surface area contributed by atoms with Crippen molar-refractivity contribution < 1.29 is 0 Å². The number of rotatable bonds is 1. The van der Waals surface area contributed by atoms with E-state index < -0.39 is 0 Å². The Kier molecular flexibility index (Phi) is 2.27. The van der Waals surface area contributed by atoms with E-state index in [-0.39, 0.29) is 0 Å². The molecule has 0 spiro atoms. The molecule has 13 heavy (non-hydrogen) atoms. The van der Waals surface area contributed by atoms with Crippen molar-refractivity contribution in [1.82, 2.24) is 19.9 Å². The van der Waals surface area contributed by atoms with E-state index in [1.807, 2.05) is 12.1 Å². The van der Waals surface area contributed by atoms with Crippen LogP contribution in [-0.4, -0.2) is 19.9 Å². The summed E-state index contributed by atoms with van der Waals surface area (Å²) in [5.41, 5.74) is 0.929. The number of aromatic nitrogens is 4. The molecule has 0 fully saturated rings. The van der Waals surface area contributed by atoms with E-state index in [1.54, 1.807) is 12.4 Å². The highest BCUT2D eigenvalue weighted by molar-refractivity contribution is 9.10. The summed E-state index contributed by atoms with van der Waals surface area (Å²) in [6, 6.07) is 3.70. The van der Waals surface area contributed by atoms with Crippen molar-refractivity contribution >= 4 is 15.9 Å². The molecule has 2 rings (SSSR count). The van der Waals surface area contributed by atoms with E-state index in [1.165, 1.54) is 6.33 Å². The third kappa shape index (κ3) is 1.86. The van der Waals surface area contributed by atoms with Gasteiger partial charge in [0.1, 0.15) is 6.33 Å². The first-order chi connectivity index (χ1) is 6.36. The normalized spacial score (nSPS) is 9.92. The molecule has 0 unspecified atom stereocenters. The fraction of sp³-hybridized carbons (Fsp3) is 0. The molecule has 0 bridgehead atoms. The summed E-state index contributed by atoms with van der Waals surface area (Å²) in [6.07, 6.45) is 4.87. The molecule has 0 saturated carbocycles. The van der Waals surface area contributed by atoms with Gasteiger partial charge in [-0.1, -0.05) is 0 Å². The van der Waals surface area contributed by atoms with E-state index in [0.717, 1.165) is 5.56 Å². The Bertz CT molecular complexity index is 404. The van der Waals surface area contributed by atoms with Crippen molar-refractivity contribution in [2.75, 3.05) is 0 Å². The van der Waals surface area contributed by atoms with E-state index >= 15 is 0 Å². The van der Waals surface area contributed by atoms with Gasteiger partial charge < -0.3 is 0 Å². The van der Waals surface area contributed by atoms with Crippen LogP contribution in [0.4, 0.5) is 0 Å². The average Bonchev–Trinajstić information content (AvgIpc) is 2.19. The fourth-order valence-corrected chi connectivity index (χ4v) is 1.18. The van der Waals surface area contributed by atoms with Crippen LogP contribution in [0.5, 0.6) is 0 Å². The Labute approximate surface area is 83.2 Å². The minimum absolute atomic E-state index is 0.536. The molecule has 0 N–H and O–H groups in total. The number of pyridine rings is 1. The summed E-state index contributed by atoms with van der Waals surface area (Å²) in [5, 5.41) is 0. The molecule has 5 heteroatoms. The number of hydrogen-bond acceptors (Lipinski definition) is 4. The third-order valence-electron chi connectivity index (χ3n) is 1.48. The van der Waals surface area contributed by atoms with E-state index in [4.69, 9.17) is 0 Å². The molecule has 0 radical (unpaired) electrons. The van der Waals surface area contributed by atoms with Crippen LogP contribution in [0.25, 0.3) is 11.4 Å². The van der Waals surface area contributed by atoms with Crippen LogP contribution < -0.4 is 0 Å². The lowest BCUT2D eigenvalue weighted by molar-refractivity contribution is 1.02. The van der Waals surface area contributed by atoms with Gasteiger partial charge in [0, 0.05) is 18.0 Å². The standard InChI is InChI=1S/C8H5BrN4/c9-8-12-5-11-7(13-8)6-1-3-10-4-2-6/h1-5H. The molecule has 2 aromatic rings. The Morgan fingerprint density at radius 3 is 2.54 bits per heavy atom. The summed E-state index contributed by atoms with van der Waals surface area (Å²) in [6.45, 7) is 0. The highest BCUT2D eigenvalue weighted by Crippen LogP contribution is 2.13. The molecule has 0 aliphatic heterocycles. The molecule has 0 atom stereocenters. The molecule has 0 amide bonds. The topological polar surface area (TPSA) is 51.6 Å². The van der Waals surface area contributed by atoms with Crippen LogP contribution in [0.15, 0.2) is 35.6 Å². The minimum atomic E-state index is 0.536. The monoisotopic (exact) mass is 236 g/mol. The summed E-state index contributed by atoms with van der Waals surface area (Å²) in [7, 11) is 0. The second-order valence-corrected chi connectivity index (χ2v) is 3.02. The predicted molar refractivity (Wildman–Crippen MR) is 50.8 cm³/mol. The van der Waals surface area contributed by atoms with Crippen molar-refractivity contribution in [3.8, 4) is 11.4 Å². The maximum Gasteiger partial charge on any atom is 0.200 e. The fourth-order valence-electron chi connectivity index (χ4n) is 0.916. The first-order valence-electron chi connectivity index (χ1n) is 3.61. The summed E-state index contributed by atoms with van der Waals surface area (Å²) < 4.78 is 0.536. The molecular formula is C8H5BrN4. The van der Waals surface area contributed by atoms with Gasteiger partial charge >= 0.3 is 0 Å². The number of hydrogen-bond donors (Lipinski definition) is 0. The molecular weight excluding hydrogens is 232 g/mol. The molecule has 64 valence electrons. The zero-order valence-electron chi connectivity index (χ0n) is 6.55. The summed E-state index contributed by atoms with van der Waals surface area (Å²) in [5.74, 6) is 0.643. The van der Waals surface area contributed by atoms with Crippen molar-refractivity contribution in [3.05, 3.63) is 35.6 Å². The van der Waals surface area contributed by atoms with Crippen molar-refractivity contribution in [2.45, 2.75) is 0 Å². The van der Waals surface area contributed by atoms with Gasteiger partial charge in [0.05, 0.1) is 0 Å². The van der Waals surface area contributed by atoms with Crippen molar-refractivity contribution in [3.63, 3.8) is 0 Å². The van der Waals surface area contributed by atoms with Gasteiger partial charge in [0.2, 0.25) is 0 Å². The Morgan fingerprint density at radius 1 is 1.08 bits per heavy atom. The second-order valence-electron chi connectivity index (χ2n) is 2.31. The molecule has 2 heterocycles. The zero-order chi connectivity index (χ0) is 9.10.